The van der Waals surface area contributed by atoms with Gasteiger partial charge in [-0.1, -0.05) is 54.6 Å². The van der Waals surface area contributed by atoms with E-state index in [4.69, 9.17) is 10.2 Å². The fraction of sp³-hybridized carbons (Fsp3) is 0. The van der Waals surface area contributed by atoms with Crippen molar-refractivity contribution in [2.45, 2.75) is 0 Å². The number of furan rings is 1. The summed E-state index contributed by atoms with van der Waals surface area (Å²) in [6.45, 7) is 0. The highest BCUT2D eigenvalue weighted by Crippen LogP contribution is 2.41. The summed E-state index contributed by atoms with van der Waals surface area (Å²) >= 11 is 0. The summed E-state index contributed by atoms with van der Waals surface area (Å²) in [5, 5.41) is 24.1. The van der Waals surface area contributed by atoms with Crippen LogP contribution in [-0.2, 0) is 0 Å². The van der Waals surface area contributed by atoms with Crippen molar-refractivity contribution in [1.82, 2.24) is 0 Å². The highest BCUT2D eigenvalue weighted by atomic mass is 16.3. The maximum atomic E-state index is 13.0. The second-order valence-electron chi connectivity index (χ2n) is 7.50. The Hall–Kier alpha value is -4.98. The normalized spacial score (nSPS) is 11.3. The number of fused-ring (bicyclic) bond motifs is 2. The average Bonchev–Trinajstić information content (AvgIpc) is 3.23. The van der Waals surface area contributed by atoms with Crippen molar-refractivity contribution in [1.29, 1.82) is 0 Å². The maximum Gasteiger partial charge on any atom is 0.286 e. The van der Waals surface area contributed by atoms with Gasteiger partial charge >= 0.3 is 0 Å². The molecule has 1 aromatic heterocycles. The number of amides is 2. The molecule has 0 aliphatic carbocycles. The first-order valence-corrected chi connectivity index (χ1v) is 10.4. The number of carbonyl (C=O) groups excluding carboxylic acids is 2. The van der Waals surface area contributed by atoms with Crippen LogP contribution in [0.15, 0.2) is 99.6 Å². The number of rotatable bonds is 5. The van der Waals surface area contributed by atoms with Crippen LogP contribution in [0.2, 0.25) is 0 Å². The maximum absolute atomic E-state index is 13.0. The molecule has 2 amide bonds. The average molecular weight is 450 g/mol. The summed E-state index contributed by atoms with van der Waals surface area (Å²) in [4.78, 5) is 24.9. The predicted molar refractivity (Wildman–Crippen MR) is 129 cm³/mol. The van der Waals surface area contributed by atoms with Gasteiger partial charge in [-0.05, 0) is 35.7 Å². The van der Waals surface area contributed by atoms with Crippen molar-refractivity contribution >= 4 is 50.6 Å². The summed E-state index contributed by atoms with van der Waals surface area (Å²) < 4.78 is 5.54. The lowest BCUT2D eigenvalue weighted by molar-refractivity contribution is 0.0975. The Morgan fingerprint density at radius 2 is 1.47 bits per heavy atom. The minimum absolute atomic E-state index is 0.0312. The molecular weight excluding hydrogens is 432 g/mol. The van der Waals surface area contributed by atoms with E-state index in [1.54, 1.807) is 72.8 Å². The Labute approximate surface area is 193 Å². The molecule has 4 N–H and O–H groups in total. The second kappa shape index (κ2) is 8.51. The standard InChI is InChI=1S/C26H18N4O4/c27-25(32)24-22(18-12-6-7-13-20(18)34-24)30-29-21-17-11-5-4-8-15(17)14-19(23(21)31)26(33)28-16-9-2-1-3-10-16/h1-14,31H,(H2,27,32)(H,28,33). The molecule has 5 rings (SSSR count). The number of azo groups is 1. The van der Waals surface area contributed by atoms with Gasteiger partial charge in [-0.3, -0.25) is 9.59 Å². The first-order chi connectivity index (χ1) is 16.5. The highest BCUT2D eigenvalue weighted by Gasteiger charge is 2.21. The van der Waals surface area contributed by atoms with Crippen molar-refractivity contribution in [3.8, 4) is 5.75 Å². The zero-order chi connectivity index (χ0) is 23.7. The second-order valence-corrected chi connectivity index (χ2v) is 7.50. The fourth-order valence-electron chi connectivity index (χ4n) is 3.71. The zero-order valence-corrected chi connectivity index (χ0v) is 17.7. The largest absolute Gasteiger partial charge is 0.505 e. The van der Waals surface area contributed by atoms with Gasteiger partial charge in [0.15, 0.2) is 5.75 Å². The topological polar surface area (TPSA) is 130 Å². The zero-order valence-electron chi connectivity index (χ0n) is 17.7. The first-order valence-electron chi connectivity index (χ1n) is 10.4. The Morgan fingerprint density at radius 3 is 2.24 bits per heavy atom. The van der Waals surface area contributed by atoms with Gasteiger partial charge in [0.25, 0.3) is 11.8 Å². The third-order valence-corrected chi connectivity index (χ3v) is 5.31. The number of primary amides is 1. The SMILES string of the molecule is NC(=O)c1oc2ccccc2c1N=Nc1c(O)c(C(=O)Nc2ccccc2)cc2ccccc12. The summed E-state index contributed by atoms with van der Waals surface area (Å²) in [5.74, 6) is -1.79. The molecule has 0 radical (unpaired) electrons. The number of nitrogens with one attached hydrogen (secondary N) is 1. The van der Waals surface area contributed by atoms with Crippen LogP contribution in [0.1, 0.15) is 20.9 Å². The minimum atomic E-state index is -0.796. The predicted octanol–water partition coefficient (Wildman–Crippen LogP) is 6.06. The monoisotopic (exact) mass is 450 g/mol. The molecule has 0 aliphatic rings. The fourth-order valence-corrected chi connectivity index (χ4v) is 3.71. The van der Waals surface area contributed by atoms with Crippen LogP contribution < -0.4 is 11.1 Å². The number of phenols is 1. The molecular formula is C26H18N4O4. The molecule has 0 bridgehead atoms. The molecule has 0 fully saturated rings. The molecule has 4 aromatic carbocycles. The van der Waals surface area contributed by atoms with Gasteiger partial charge in [0.2, 0.25) is 5.76 Å². The molecule has 34 heavy (non-hydrogen) atoms. The Bertz CT molecular complexity index is 1590. The number of hydrogen-bond donors (Lipinski definition) is 3. The summed E-state index contributed by atoms with van der Waals surface area (Å²) in [5.41, 5.74) is 6.73. The van der Waals surface area contributed by atoms with Gasteiger partial charge in [0, 0.05) is 16.5 Å². The van der Waals surface area contributed by atoms with E-state index in [0.29, 0.717) is 27.4 Å². The summed E-state index contributed by atoms with van der Waals surface area (Å²) in [6, 6.07) is 24.6. The molecule has 0 atom stereocenters. The third-order valence-electron chi connectivity index (χ3n) is 5.31. The lowest BCUT2D eigenvalue weighted by Crippen LogP contribution is -2.12. The molecule has 8 heteroatoms. The highest BCUT2D eigenvalue weighted by molar-refractivity contribution is 6.12. The van der Waals surface area contributed by atoms with Gasteiger partial charge in [-0.15, -0.1) is 10.2 Å². The quantitative estimate of drug-likeness (QED) is 0.281. The number of para-hydroxylation sites is 2. The molecule has 5 aromatic rings. The van der Waals surface area contributed by atoms with Crippen molar-refractivity contribution in [3.63, 3.8) is 0 Å². The van der Waals surface area contributed by atoms with Gasteiger partial charge in [-0.2, -0.15) is 0 Å². The molecule has 0 spiro atoms. The van der Waals surface area contributed by atoms with Crippen molar-refractivity contribution in [2.24, 2.45) is 16.0 Å². The lowest BCUT2D eigenvalue weighted by Gasteiger charge is -2.11. The molecule has 0 saturated carbocycles. The van der Waals surface area contributed by atoms with Gasteiger partial charge < -0.3 is 20.6 Å². The number of benzene rings is 4. The van der Waals surface area contributed by atoms with Crippen LogP contribution in [0.25, 0.3) is 21.7 Å². The van der Waals surface area contributed by atoms with E-state index < -0.39 is 11.8 Å². The van der Waals surface area contributed by atoms with E-state index in [9.17, 15) is 14.7 Å². The number of aromatic hydroxyl groups is 1. The van der Waals surface area contributed by atoms with Crippen molar-refractivity contribution < 1.29 is 19.1 Å². The van der Waals surface area contributed by atoms with Crippen LogP contribution in [-0.4, -0.2) is 16.9 Å². The molecule has 0 saturated heterocycles. The van der Waals surface area contributed by atoms with Crippen molar-refractivity contribution in [2.75, 3.05) is 5.32 Å². The van der Waals surface area contributed by atoms with E-state index in [1.807, 2.05) is 12.1 Å². The molecule has 0 aliphatic heterocycles. The number of anilines is 1. The molecule has 1 heterocycles. The van der Waals surface area contributed by atoms with E-state index in [-0.39, 0.29) is 28.4 Å². The number of carbonyl (C=O) groups is 2. The van der Waals surface area contributed by atoms with E-state index in [1.165, 1.54) is 0 Å². The lowest BCUT2D eigenvalue weighted by atomic mass is 10.0. The molecule has 0 unspecified atom stereocenters. The van der Waals surface area contributed by atoms with E-state index in [2.05, 4.69) is 15.5 Å². The number of nitrogens with two attached hydrogens (primary N) is 1. The molecule has 166 valence electrons. The van der Waals surface area contributed by atoms with Crippen LogP contribution in [0.4, 0.5) is 17.1 Å². The van der Waals surface area contributed by atoms with Crippen LogP contribution >= 0.6 is 0 Å². The summed E-state index contributed by atoms with van der Waals surface area (Å²) in [6.07, 6.45) is 0. The first kappa shape index (κ1) is 20.9. The van der Waals surface area contributed by atoms with Crippen LogP contribution in [0, 0.1) is 0 Å². The Morgan fingerprint density at radius 1 is 0.824 bits per heavy atom. The van der Waals surface area contributed by atoms with Gasteiger partial charge in [0.05, 0.1) is 5.56 Å². The Kier molecular flexibility index (Phi) is 5.23. The van der Waals surface area contributed by atoms with Crippen LogP contribution in [0.5, 0.6) is 5.75 Å². The van der Waals surface area contributed by atoms with E-state index in [0.717, 1.165) is 0 Å². The van der Waals surface area contributed by atoms with Gasteiger partial charge in [-0.25, -0.2) is 0 Å². The number of nitrogens with zero attached hydrogens (tertiary/aromatic N) is 2. The van der Waals surface area contributed by atoms with Crippen molar-refractivity contribution in [3.05, 3.63) is 96.3 Å². The molecule has 8 nitrogen and oxygen atoms in total. The third kappa shape index (κ3) is 3.73. The Balaban J connectivity index is 1.64. The van der Waals surface area contributed by atoms with Crippen LogP contribution in [0.3, 0.4) is 0 Å². The van der Waals surface area contributed by atoms with Gasteiger partial charge in [0.1, 0.15) is 17.0 Å². The summed E-state index contributed by atoms with van der Waals surface area (Å²) in [7, 11) is 0. The minimum Gasteiger partial charge on any atom is -0.505 e. The van der Waals surface area contributed by atoms with E-state index >= 15 is 0 Å². The smallest absolute Gasteiger partial charge is 0.286 e. The number of phenolic OH excluding ortho intramolecular Hbond substituents is 1. The number of hydrogen-bond acceptors (Lipinski definition) is 6.